The minimum Gasteiger partial charge on any atom is -0.326 e. The Balaban J connectivity index is 1.41. The van der Waals surface area contributed by atoms with Crippen LogP contribution in [0.1, 0.15) is 62.5 Å². The lowest BCUT2D eigenvalue weighted by atomic mass is 9.88. The van der Waals surface area contributed by atoms with Gasteiger partial charge in [0.15, 0.2) is 5.78 Å². The quantitative estimate of drug-likeness (QED) is 0.0743. The minimum absolute atomic E-state index is 0.0569. The van der Waals surface area contributed by atoms with Crippen molar-refractivity contribution < 1.29 is 48.9 Å². The molecule has 0 bridgehead atoms. The first-order valence-corrected chi connectivity index (χ1v) is 18.8. The molecule has 0 radical (unpaired) electrons. The van der Waals surface area contributed by atoms with Crippen LogP contribution in [0.5, 0.6) is 0 Å². The third kappa shape index (κ3) is 10.6. The molecule has 5 aromatic carbocycles. The molecular weight excluding hydrogens is 768 g/mol. The van der Waals surface area contributed by atoms with Crippen molar-refractivity contribution in [3.63, 3.8) is 0 Å². The van der Waals surface area contributed by atoms with Crippen LogP contribution in [0.15, 0.2) is 103 Å². The average Bonchev–Trinajstić information content (AvgIpc) is 3.10. The first-order valence-electron chi connectivity index (χ1n) is 16.8. The van der Waals surface area contributed by atoms with Gasteiger partial charge in [-0.3, -0.25) is 14.1 Å². The lowest BCUT2D eigenvalue weighted by Crippen LogP contribution is -2.23. The second-order valence-corrected chi connectivity index (χ2v) is 15.1. The van der Waals surface area contributed by atoms with E-state index in [2.05, 4.69) is 5.32 Å². The highest BCUT2D eigenvalue weighted by atomic mass is 35.5. The number of amides is 1. The Bertz CT molecular complexity index is 2320. The number of hydrogen-bond acceptors (Lipinski definition) is 4. The van der Waals surface area contributed by atoms with E-state index in [0.717, 1.165) is 24.3 Å². The predicted molar refractivity (Wildman–Crippen MR) is 200 cm³/mol. The Labute approximate surface area is 318 Å². The molecule has 0 saturated carbocycles. The smallest absolute Gasteiger partial charge is 0.326 e. The minimum atomic E-state index is -4.51. The predicted octanol–water partition coefficient (Wildman–Crippen LogP) is 11.1. The van der Waals surface area contributed by atoms with Gasteiger partial charge in [-0.1, -0.05) is 78.3 Å². The van der Waals surface area contributed by atoms with Crippen LogP contribution in [0.4, 0.5) is 32.0 Å². The van der Waals surface area contributed by atoms with Gasteiger partial charge >= 0.3 is 12.4 Å². The van der Waals surface area contributed by atoms with Gasteiger partial charge in [0, 0.05) is 23.2 Å². The van der Waals surface area contributed by atoms with Crippen LogP contribution < -0.4 is 5.32 Å². The molecule has 5 rings (SSSR count). The summed E-state index contributed by atoms with van der Waals surface area (Å²) < 4.78 is 110. The van der Waals surface area contributed by atoms with E-state index in [9.17, 15) is 44.3 Å². The number of rotatable bonds is 12. The third-order valence-electron chi connectivity index (χ3n) is 9.10. The lowest BCUT2D eigenvalue weighted by molar-refractivity contribution is -0.138. The van der Waals surface area contributed by atoms with Crippen LogP contribution in [0.3, 0.4) is 0 Å². The van der Waals surface area contributed by atoms with Gasteiger partial charge in [-0.25, -0.2) is 0 Å². The van der Waals surface area contributed by atoms with E-state index in [4.69, 9.17) is 16.2 Å². The van der Waals surface area contributed by atoms with Gasteiger partial charge in [0.05, 0.1) is 27.8 Å². The molecule has 0 aliphatic carbocycles. The number of nitrogens with one attached hydrogen (secondary N) is 1. The first-order chi connectivity index (χ1) is 25.7. The van der Waals surface area contributed by atoms with Gasteiger partial charge in [-0.15, -0.1) is 0 Å². The van der Waals surface area contributed by atoms with Crippen LogP contribution in [-0.4, -0.2) is 30.4 Å². The van der Waals surface area contributed by atoms with Crippen LogP contribution in [0, 0.1) is 13.8 Å². The largest absolute Gasteiger partial charge is 0.416 e. The van der Waals surface area contributed by atoms with Gasteiger partial charge < -0.3 is 5.32 Å². The molecule has 288 valence electrons. The zero-order chi connectivity index (χ0) is 40.3. The second-order valence-electron chi connectivity index (χ2n) is 13.1. The topological polar surface area (TPSA) is 101 Å². The Kier molecular flexibility index (Phi) is 12.3. The molecule has 14 heteroatoms. The molecule has 0 heterocycles. The monoisotopic (exact) mass is 801 g/mol. The Morgan fingerprint density at radius 2 is 1.27 bits per heavy atom. The number of carbonyl (C=O) groups excluding carboxylic acids is 2. The number of hydrogen-bond donors (Lipinski definition) is 2. The van der Waals surface area contributed by atoms with Gasteiger partial charge in [0.1, 0.15) is 0 Å². The van der Waals surface area contributed by atoms with Gasteiger partial charge in [0.2, 0.25) is 5.91 Å². The number of alkyl halides is 6. The van der Waals surface area contributed by atoms with Gasteiger partial charge in [-0.05, 0) is 102 Å². The normalized spacial score (nSPS) is 12.7. The summed E-state index contributed by atoms with van der Waals surface area (Å²) in [7, 11) is -4.21. The summed E-state index contributed by atoms with van der Waals surface area (Å²) in [6.07, 6.45) is -9.01. The van der Waals surface area contributed by atoms with Gasteiger partial charge in [-0.2, -0.15) is 34.8 Å². The molecule has 1 unspecified atom stereocenters. The molecule has 1 amide bonds. The molecule has 0 aromatic heterocycles. The van der Waals surface area contributed by atoms with Crippen LogP contribution in [0.25, 0.3) is 22.3 Å². The number of benzene rings is 5. The highest BCUT2D eigenvalue weighted by Gasteiger charge is 2.32. The number of aryl methyl sites for hydroxylation is 2. The fourth-order valence-corrected chi connectivity index (χ4v) is 7.02. The molecule has 0 aliphatic heterocycles. The van der Waals surface area contributed by atoms with E-state index in [1.165, 1.54) is 25.1 Å². The maximum Gasteiger partial charge on any atom is 0.416 e. The van der Waals surface area contributed by atoms with E-state index < -0.39 is 51.2 Å². The maximum atomic E-state index is 14.0. The molecule has 0 aliphatic rings. The average molecular weight is 802 g/mol. The number of halogens is 7. The van der Waals surface area contributed by atoms with Crippen molar-refractivity contribution in [3.05, 3.63) is 147 Å². The molecule has 2 N–H and O–H groups in total. The van der Waals surface area contributed by atoms with Crippen LogP contribution in [-0.2, 0) is 33.7 Å². The van der Waals surface area contributed by atoms with E-state index >= 15 is 0 Å². The van der Waals surface area contributed by atoms with Crippen LogP contribution >= 0.6 is 11.6 Å². The number of ketones is 1. The highest BCUT2D eigenvalue weighted by molar-refractivity contribution is 7.85. The zero-order valence-corrected chi connectivity index (χ0v) is 30.9. The van der Waals surface area contributed by atoms with Crippen molar-refractivity contribution in [1.82, 2.24) is 0 Å². The fraction of sp³-hybridized carbons (Fsp3) is 0.220. The standard InChI is InChI=1S/C41H34ClF6NO5S/c1-24-20-30(40(43,44)45)13-16-33(24)27-9-11-28(12-10-27)36(22-26-5-7-29(8-6-26)38(50)4-3-19-55(52,53)54)39(51)49-32-15-18-35(37(42)23-32)34-17-14-31(21-25(34)2)41(46,47)48/h5-18,20-21,23,36H,3-4,19,22H2,1-2H3,(H,49,51)(H,52,53,54). The van der Waals surface area contributed by atoms with Crippen LogP contribution in [0.2, 0.25) is 5.02 Å². The zero-order valence-electron chi connectivity index (χ0n) is 29.4. The fourth-order valence-electron chi connectivity index (χ4n) is 6.23. The van der Waals surface area contributed by atoms with E-state index in [1.807, 2.05) is 0 Å². The number of carbonyl (C=O) groups is 2. The summed E-state index contributed by atoms with van der Waals surface area (Å²) >= 11 is 6.59. The van der Waals surface area contributed by atoms with Crippen molar-refractivity contribution in [3.8, 4) is 22.3 Å². The van der Waals surface area contributed by atoms with E-state index in [0.29, 0.717) is 55.8 Å². The third-order valence-corrected chi connectivity index (χ3v) is 10.2. The SMILES string of the molecule is Cc1cc(C(F)(F)F)ccc1-c1ccc(C(Cc2ccc(C(=O)CCCS(=O)(=O)O)cc2)C(=O)Nc2ccc(-c3ccc(C(F)(F)F)cc3C)c(Cl)c2)cc1. The van der Waals surface area contributed by atoms with Crippen molar-refractivity contribution in [2.24, 2.45) is 0 Å². The first kappa shape index (κ1) is 41.2. The van der Waals surface area contributed by atoms with Gasteiger partial charge in [0.25, 0.3) is 10.1 Å². The van der Waals surface area contributed by atoms with E-state index in [-0.39, 0.29) is 30.1 Å². The summed E-state index contributed by atoms with van der Waals surface area (Å²) in [5.41, 5.74) is 3.23. The Morgan fingerprint density at radius 1 is 0.727 bits per heavy atom. The molecule has 6 nitrogen and oxygen atoms in total. The molecule has 0 fully saturated rings. The molecule has 55 heavy (non-hydrogen) atoms. The lowest BCUT2D eigenvalue weighted by Gasteiger charge is -2.19. The molecule has 0 saturated heterocycles. The van der Waals surface area contributed by atoms with Crippen molar-refractivity contribution in [2.45, 2.75) is 51.4 Å². The number of Topliss-reactive ketones (excluding diaryl/α,β-unsaturated/α-hetero) is 1. The van der Waals surface area contributed by atoms with Crippen molar-refractivity contribution in [1.29, 1.82) is 0 Å². The Hall–Kier alpha value is -4.98. The second kappa shape index (κ2) is 16.4. The summed E-state index contributed by atoms with van der Waals surface area (Å²) in [4.78, 5) is 26.6. The summed E-state index contributed by atoms with van der Waals surface area (Å²) in [5.74, 6) is -2.15. The summed E-state index contributed by atoms with van der Waals surface area (Å²) in [5, 5.41) is 3.05. The molecular formula is C41H34ClF6NO5S. The molecule has 1 atom stereocenters. The summed E-state index contributed by atoms with van der Waals surface area (Å²) in [6.45, 7) is 3.12. The summed E-state index contributed by atoms with van der Waals surface area (Å²) in [6, 6.07) is 24.7. The number of anilines is 1. The van der Waals surface area contributed by atoms with Crippen molar-refractivity contribution in [2.75, 3.05) is 11.1 Å². The maximum absolute atomic E-state index is 14.0. The van der Waals surface area contributed by atoms with Crippen molar-refractivity contribution >= 4 is 39.1 Å². The Morgan fingerprint density at radius 3 is 1.78 bits per heavy atom. The molecule has 5 aromatic rings. The highest BCUT2D eigenvalue weighted by Crippen LogP contribution is 2.38. The van der Waals surface area contributed by atoms with E-state index in [1.54, 1.807) is 67.6 Å². The molecule has 0 spiro atoms.